The standard InChI is InChI=1S/C6H9F2N3O2/c7-6(8,4-10-11-9)3-1-2-5(12)13/h1-4H2,(H,12,13). The number of halogens is 2. The molecule has 0 radical (unpaired) electrons. The molecule has 0 bridgehead atoms. The van der Waals surface area contributed by atoms with E-state index in [4.69, 9.17) is 10.6 Å². The lowest BCUT2D eigenvalue weighted by molar-refractivity contribution is -0.137. The van der Waals surface area contributed by atoms with Crippen LogP contribution in [0.2, 0.25) is 0 Å². The predicted octanol–water partition coefficient (Wildman–Crippen LogP) is 2.19. The summed E-state index contributed by atoms with van der Waals surface area (Å²) in [6.45, 7) is -0.914. The molecule has 0 saturated carbocycles. The van der Waals surface area contributed by atoms with E-state index in [0.717, 1.165) is 0 Å². The third kappa shape index (κ3) is 7.02. The van der Waals surface area contributed by atoms with E-state index in [1.807, 2.05) is 0 Å². The molecule has 0 atom stereocenters. The summed E-state index contributed by atoms with van der Waals surface area (Å²) in [4.78, 5) is 12.2. The number of aliphatic carboxylic acids is 1. The van der Waals surface area contributed by atoms with Crippen molar-refractivity contribution in [2.24, 2.45) is 5.11 Å². The fourth-order valence-corrected chi connectivity index (χ4v) is 0.712. The molecule has 0 unspecified atom stereocenters. The molecule has 5 nitrogen and oxygen atoms in total. The summed E-state index contributed by atoms with van der Waals surface area (Å²) in [5.41, 5.74) is 7.77. The van der Waals surface area contributed by atoms with Crippen LogP contribution in [0.3, 0.4) is 0 Å². The molecule has 7 heteroatoms. The Kier molecular flexibility index (Phi) is 4.76. The van der Waals surface area contributed by atoms with Gasteiger partial charge in [0, 0.05) is 17.8 Å². The van der Waals surface area contributed by atoms with Crippen LogP contribution in [-0.4, -0.2) is 23.5 Å². The Morgan fingerprint density at radius 2 is 2.23 bits per heavy atom. The number of rotatable bonds is 6. The smallest absolute Gasteiger partial charge is 0.303 e. The van der Waals surface area contributed by atoms with Gasteiger partial charge in [0.25, 0.3) is 5.92 Å². The number of carboxylic acid groups (broad SMARTS) is 1. The third-order valence-electron chi connectivity index (χ3n) is 1.30. The minimum absolute atomic E-state index is 0.122. The van der Waals surface area contributed by atoms with Crippen molar-refractivity contribution in [3.63, 3.8) is 0 Å². The lowest BCUT2D eigenvalue weighted by Gasteiger charge is -2.11. The highest BCUT2D eigenvalue weighted by molar-refractivity contribution is 5.66. The summed E-state index contributed by atoms with van der Waals surface area (Å²) in [5.74, 6) is -4.21. The van der Waals surface area contributed by atoms with Crippen LogP contribution in [0, 0.1) is 0 Å². The molecular weight excluding hydrogens is 184 g/mol. The van der Waals surface area contributed by atoms with Gasteiger partial charge in [0.2, 0.25) is 0 Å². The fourth-order valence-electron chi connectivity index (χ4n) is 0.712. The number of hydrogen-bond acceptors (Lipinski definition) is 2. The minimum atomic E-state index is -3.10. The highest BCUT2D eigenvalue weighted by atomic mass is 19.3. The number of alkyl halides is 2. The van der Waals surface area contributed by atoms with Gasteiger partial charge >= 0.3 is 5.97 Å². The van der Waals surface area contributed by atoms with Crippen LogP contribution in [0.1, 0.15) is 19.3 Å². The average Bonchev–Trinajstić information content (AvgIpc) is 2.00. The van der Waals surface area contributed by atoms with E-state index < -0.39 is 24.9 Å². The van der Waals surface area contributed by atoms with Gasteiger partial charge in [0.05, 0.1) is 6.54 Å². The summed E-state index contributed by atoms with van der Waals surface area (Å²) in [7, 11) is 0. The third-order valence-corrected chi connectivity index (χ3v) is 1.30. The maximum Gasteiger partial charge on any atom is 0.303 e. The van der Waals surface area contributed by atoms with Crippen molar-refractivity contribution in [2.75, 3.05) is 6.54 Å². The summed E-state index contributed by atoms with van der Waals surface area (Å²) in [6, 6.07) is 0. The van der Waals surface area contributed by atoms with Gasteiger partial charge < -0.3 is 5.11 Å². The quantitative estimate of drug-likeness (QED) is 0.398. The Morgan fingerprint density at radius 3 is 2.69 bits per heavy atom. The van der Waals surface area contributed by atoms with Crippen molar-refractivity contribution in [1.82, 2.24) is 0 Å². The molecule has 0 aromatic carbocycles. The van der Waals surface area contributed by atoms with E-state index in [9.17, 15) is 13.6 Å². The molecule has 1 N–H and O–H groups in total. The SMILES string of the molecule is [N-]=[N+]=NCC(F)(F)CCCC(=O)O. The van der Waals surface area contributed by atoms with Crippen molar-refractivity contribution in [1.29, 1.82) is 0 Å². The topological polar surface area (TPSA) is 86.1 Å². The molecule has 0 aliphatic carbocycles. The fraction of sp³-hybridized carbons (Fsp3) is 0.833. The first-order valence-corrected chi connectivity index (χ1v) is 3.58. The Morgan fingerprint density at radius 1 is 1.62 bits per heavy atom. The van der Waals surface area contributed by atoms with Gasteiger partial charge in [-0.3, -0.25) is 4.79 Å². The van der Waals surface area contributed by atoms with E-state index in [0.29, 0.717) is 0 Å². The second-order valence-corrected chi connectivity index (χ2v) is 2.49. The molecule has 0 spiro atoms. The van der Waals surface area contributed by atoms with Gasteiger partial charge in [0.1, 0.15) is 0 Å². The summed E-state index contributed by atoms with van der Waals surface area (Å²) in [6.07, 6.45) is -0.993. The van der Waals surface area contributed by atoms with Crippen molar-refractivity contribution in [3.05, 3.63) is 10.4 Å². The highest BCUT2D eigenvalue weighted by Gasteiger charge is 2.27. The zero-order valence-electron chi connectivity index (χ0n) is 6.78. The molecule has 0 saturated heterocycles. The lowest BCUT2D eigenvalue weighted by atomic mass is 10.1. The molecule has 13 heavy (non-hydrogen) atoms. The van der Waals surface area contributed by atoms with Crippen molar-refractivity contribution in [3.8, 4) is 0 Å². The lowest BCUT2D eigenvalue weighted by Crippen LogP contribution is -2.20. The number of nitrogens with zero attached hydrogens (tertiary/aromatic N) is 3. The van der Waals surface area contributed by atoms with E-state index >= 15 is 0 Å². The second-order valence-electron chi connectivity index (χ2n) is 2.49. The van der Waals surface area contributed by atoms with E-state index in [1.54, 1.807) is 0 Å². The maximum absolute atomic E-state index is 12.6. The molecule has 0 heterocycles. The van der Waals surface area contributed by atoms with Crippen LogP contribution in [0.4, 0.5) is 8.78 Å². The monoisotopic (exact) mass is 193 g/mol. The van der Waals surface area contributed by atoms with E-state index in [1.165, 1.54) is 0 Å². The molecule has 74 valence electrons. The predicted molar refractivity (Wildman–Crippen MR) is 40.4 cm³/mol. The van der Waals surface area contributed by atoms with Crippen molar-refractivity contribution in [2.45, 2.75) is 25.2 Å². The molecule has 0 aliphatic rings. The summed E-state index contributed by atoms with van der Waals surface area (Å²) >= 11 is 0. The average molecular weight is 193 g/mol. The highest BCUT2D eigenvalue weighted by Crippen LogP contribution is 2.21. The minimum Gasteiger partial charge on any atom is -0.481 e. The van der Waals surface area contributed by atoms with Gasteiger partial charge in [-0.05, 0) is 12.0 Å². The Hall–Kier alpha value is -1.36. The van der Waals surface area contributed by atoms with Crippen LogP contribution >= 0.6 is 0 Å². The molecule has 0 amide bonds. The zero-order valence-corrected chi connectivity index (χ0v) is 6.78. The van der Waals surface area contributed by atoms with E-state index in [-0.39, 0.29) is 12.8 Å². The van der Waals surface area contributed by atoms with E-state index in [2.05, 4.69) is 10.0 Å². The summed E-state index contributed by atoms with van der Waals surface area (Å²) in [5, 5.41) is 10.9. The normalized spacial score (nSPS) is 10.6. The van der Waals surface area contributed by atoms with Gasteiger partial charge in [-0.25, -0.2) is 8.78 Å². The first kappa shape index (κ1) is 11.6. The number of carboxylic acids is 1. The molecule has 0 aromatic rings. The number of carbonyl (C=O) groups is 1. The van der Waals surface area contributed by atoms with Gasteiger partial charge in [-0.2, -0.15) is 0 Å². The van der Waals surface area contributed by atoms with Crippen LogP contribution in [0.25, 0.3) is 10.4 Å². The summed E-state index contributed by atoms with van der Waals surface area (Å²) < 4.78 is 25.2. The maximum atomic E-state index is 12.6. The number of hydrogen-bond donors (Lipinski definition) is 1. The van der Waals surface area contributed by atoms with Crippen LogP contribution in [-0.2, 0) is 4.79 Å². The Labute approximate surface area is 73.0 Å². The first-order chi connectivity index (χ1) is 5.98. The van der Waals surface area contributed by atoms with Crippen LogP contribution in [0.5, 0.6) is 0 Å². The molecule has 0 aliphatic heterocycles. The first-order valence-electron chi connectivity index (χ1n) is 3.58. The molecule has 0 aromatic heterocycles. The largest absolute Gasteiger partial charge is 0.481 e. The Balaban J connectivity index is 3.74. The zero-order chi connectivity index (χ0) is 10.3. The molecule has 0 fully saturated rings. The van der Waals surface area contributed by atoms with Gasteiger partial charge in [0.15, 0.2) is 0 Å². The number of azide groups is 1. The van der Waals surface area contributed by atoms with Gasteiger partial charge in [-0.15, -0.1) is 0 Å². The molecule has 0 rings (SSSR count). The van der Waals surface area contributed by atoms with Gasteiger partial charge in [-0.1, -0.05) is 5.11 Å². The second kappa shape index (κ2) is 5.31. The van der Waals surface area contributed by atoms with Crippen LogP contribution < -0.4 is 0 Å². The Bertz CT molecular complexity index is 226. The molecular formula is C6H9F2N3O2. The van der Waals surface area contributed by atoms with Crippen molar-refractivity contribution >= 4 is 5.97 Å². The van der Waals surface area contributed by atoms with Crippen molar-refractivity contribution < 1.29 is 18.7 Å². The van der Waals surface area contributed by atoms with Crippen LogP contribution in [0.15, 0.2) is 5.11 Å².